The molecule has 0 unspecified atom stereocenters. The highest BCUT2D eigenvalue weighted by Gasteiger charge is 2.15. The highest BCUT2D eigenvalue weighted by atomic mass is 32.2. The van der Waals surface area contributed by atoms with Gasteiger partial charge in [-0.05, 0) is 24.4 Å². The molecule has 1 aromatic rings. The molecule has 0 saturated heterocycles. The molecule has 0 aliphatic heterocycles. The van der Waals surface area contributed by atoms with E-state index in [1.165, 1.54) is 17.0 Å². The molecule has 1 N–H and O–H groups in total. The number of sulfonamides is 1. The maximum absolute atomic E-state index is 11.7. The van der Waals surface area contributed by atoms with Crippen LogP contribution in [0, 0.1) is 0 Å². The van der Waals surface area contributed by atoms with Crippen LogP contribution in [0.3, 0.4) is 0 Å². The summed E-state index contributed by atoms with van der Waals surface area (Å²) in [5, 5.41) is 0.166. The van der Waals surface area contributed by atoms with Crippen molar-refractivity contribution >= 4 is 27.4 Å². The predicted octanol–water partition coefficient (Wildman–Crippen LogP) is 0.811. The fourth-order valence-electron chi connectivity index (χ4n) is 0.865. The Kier molecular flexibility index (Phi) is 3.65. The monoisotopic (exact) mass is 244 g/mol. The van der Waals surface area contributed by atoms with E-state index in [1.54, 1.807) is 32.3 Å². The number of hydrogen-bond acceptors (Lipinski definition) is 3. The summed E-state index contributed by atoms with van der Waals surface area (Å²) >= 11 is 4.86. The first kappa shape index (κ1) is 11.9. The first-order valence-corrected chi connectivity index (χ1v) is 6.12. The van der Waals surface area contributed by atoms with E-state index >= 15 is 0 Å². The first-order chi connectivity index (χ1) is 6.93. The normalized spacial score (nSPS) is 10.8. The van der Waals surface area contributed by atoms with Crippen LogP contribution < -0.4 is 4.72 Å². The Bertz CT molecular complexity index is 440. The Labute approximate surface area is 95.0 Å². The number of thiocarbonyl (C=S) groups is 1. The van der Waals surface area contributed by atoms with Gasteiger partial charge in [-0.3, -0.25) is 4.72 Å². The molecule has 0 saturated carbocycles. The first-order valence-electron chi connectivity index (χ1n) is 4.22. The Morgan fingerprint density at radius 1 is 1.27 bits per heavy atom. The van der Waals surface area contributed by atoms with Crippen LogP contribution >= 0.6 is 12.2 Å². The molecule has 0 bridgehead atoms. The molecule has 4 nitrogen and oxygen atoms in total. The molecule has 0 radical (unpaired) electrons. The number of hydrogen-bond donors (Lipinski definition) is 1. The molecule has 0 aromatic heterocycles. The summed E-state index contributed by atoms with van der Waals surface area (Å²) in [7, 11) is -0.185. The Balaban J connectivity index is 2.91. The van der Waals surface area contributed by atoms with E-state index in [0.717, 1.165) is 0 Å². The Morgan fingerprint density at radius 2 is 1.80 bits per heavy atom. The fraction of sp³-hybridized carbons (Fsp3) is 0.222. The van der Waals surface area contributed by atoms with E-state index in [1.807, 2.05) is 0 Å². The lowest BCUT2D eigenvalue weighted by Gasteiger charge is -2.15. The van der Waals surface area contributed by atoms with Gasteiger partial charge in [-0.25, -0.2) is 8.42 Å². The highest BCUT2D eigenvalue weighted by Crippen LogP contribution is 2.07. The molecule has 1 aromatic carbocycles. The van der Waals surface area contributed by atoms with Crippen molar-refractivity contribution in [2.75, 3.05) is 14.1 Å². The standard InChI is InChI=1S/C9H12N2O2S2/c1-11(2)9(14)10-15(12,13)8-6-4-3-5-7-8/h3-7H,1-2H3,(H,10,14). The van der Waals surface area contributed by atoms with Crippen molar-refractivity contribution in [2.45, 2.75) is 4.90 Å². The summed E-state index contributed by atoms with van der Waals surface area (Å²) in [6.45, 7) is 0. The lowest BCUT2D eigenvalue weighted by atomic mass is 10.4. The molecule has 0 heterocycles. The minimum absolute atomic E-state index is 0.166. The van der Waals surface area contributed by atoms with Crippen LogP contribution in [0.1, 0.15) is 0 Å². The van der Waals surface area contributed by atoms with E-state index in [0.29, 0.717) is 0 Å². The quantitative estimate of drug-likeness (QED) is 0.782. The van der Waals surface area contributed by atoms with Crippen molar-refractivity contribution in [3.05, 3.63) is 30.3 Å². The third-order valence-corrected chi connectivity index (χ3v) is 3.63. The van der Waals surface area contributed by atoms with Crippen LogP contribution in [0.15, 0.2) is 35.2 Å². The van der Waals surface area contributed by atoms with Crippen molar-refractivity contribution < 1.29 is 8.42 Å². The van der Waals surface area contributed by atoms with Crippen LogP contribution in [0.5, 0.6) is 0 Å². The summed E-state index contributed by atoms with van der Waals surface area (Å²) < 4.78 is 25.7. The highest BCUT2D eigenvalue weighted by molar-refractivity contribution is 7.91. The van der Waals surface area contributed by atoms with Gasteiger partial charge < -0.3 is 4.90 Å². The van der Waals surface area contributed by atoms with Crippen molar-refractivity contribution in [2.24, 2.45) is 0 Å². The molecule has 82 valence electrons. The van der Waals surface area contributed by atoms with E-state index in [2.05, 4.69) is 4.72 Å². The van der Waals surface area contributed by atoms with Crippen LogP contribution in [-0.4, -0.2) is 32.5 Å². The second kappa shape index (κ2) is 4.59. The van der Waals surface area contributed by atoms with E-state index in [-0.39, 0.29) is 10.0 Å². The summed E-state index contributed by atoms with van der Waals surface area (Å²) in [4.78, 5) is 1.73. The topological polar surface area (TPSA) is 49.4 Å². The SMILES string of the molecule is CN(C)C(=S)NS(=O)(=O)c1ccccc1. The van der Waals surface area contributed by atoms with Gasteiger partial charge in [0, 0.05) is 14.1 Å². The number of nitrogens with one attached hydrogen (secondary N) is 1. The largest absolute Gasteiger partial charge is 0.355 e. The van der Waals surface area contributed by atoms with E-state index < -0.39 is 10.0 Å². The van der Waals surface area contributed by atoms with Gasteiger partial charge in [-0.15, -0.1) is 0 Å². The predicted molar refractivity (Wildman–Crippen MR) is 63.0 cm³/mol. The Morgan fingerprint density at radius 3 is 2.27 bits per heavy atom. The van der Waals surface area contributed by atoms with E-state index in [9.17, 15) is 8.42 Å². The zero-order valence-electron chi connectivity index (χ0n) is 8.47. The molecule has 6 heteroatoms. The molecule has 0 aliphatic carbocycles. The van der Waals surface area contributed by atoms with Gasteiger partial charge in [0.1, 0.15) is 0 Å². The van der Waals surface area contributed by atoms with Crippen molar-refractivity contribution in [1.82, 2.24) is 9.62 Å². The molecule has 0 aliphatic rings. The van der Waals surface area contributed by atoms with Gasteiger partial charge in [-0.1, -0.05) is 18.2 Å². The van der Waals surface area contributed by atoms with Gasteiger partial charge in [0.2, 0.25) is 0 Å². The molecule has 0 fully saturated rings. The summed E-state index contributed by atoms with van der Waals surface area (Å²) in [5.41, 5.74) is 0. The number of nitrogens with zero attached hydrogens (tertiary/aromatic N) is 1. The average molecular weight is 244 g/mol. The second-order valence-electron chi connectivity index (χ2n) is 3.12. The van der Waals surface area contributed by atoms with Crippen LogP contribution in [0.4, 0.5) is 0 Å². The maximum Gasteiger partial charge on any atom is 0.263 e. The number of benzene rings is 1. The maximum atomic E-state index is 11.7. The molecule has 0 amide bonds. The number of rotatable bonds is 2. The van der Waals surface area contributed by atoms with Crippen LogP contribution in [0.25, 0.3) is 0 Å². The second-order valence-corrected chi connectivity index (χ2v) is 5.19. The lowest BCUT2D eigenvalue weighted by Crippen LogP contribution is -2.38. The van der Waals surface area contributed by atoms with Gasteiger partial charge >= 0.3 is 0 Å². The summed E-state index contributed by atoms with van der Waals surface area (Å²) in [5.74, 6) is 0. The lowest BCUT2D eigenvalue weighted by molar-refractivity contribution is 0.580. The molecule has 15 heavy (non-hydrogen) atoms. The van der Waals surface area contributed by atoms with Gasteiger partial charge in [0.05, 0.1) is 4.90 Å². The van der Waals surface area contributed by atoms with Gasteiger partial charge in [0.25, 0.3) is 10.0 Å². The summed E-state index contributed by atoms with van der Waals surface area (Å²) in [6, 6.07) is 8.10. The molecular weight excluding hydrogens is 232 g/mol. The van der Waals surface area contributed by atoms with Crippen LogP contribution in [0.2, 0.25) is 0 Å². The minimum Gasteiger partial charge on any atom is -0.355 e. The zero-order valence-corrected chi connectivity index (χ0v) is 10.1. The third-order valence-electron chi connectivity index (χ3n) is 1.68. The summed E-state index contributed by atoms with van der Waals surface area (Å²) in [6.07, 6.45) is 0. The minimum atomic E-state index is -3.54. The smallest absolute Gasteiger partial charge is 0.263 e. The fourth-order valence-corrected chi connectivity index (χ4v) is 2.24. The van der Waals surface area contributed by atoms with Gasteiger partial charge in [0.15, 0.2) is 5.11 Å². The zero-order chi connectivity index (χ0) is 11.5. The molecule has 0 atom stereocenters. The van der Waals surface area contributed by atoms with Crippen LogP contribution in [-0.2, 0) is 10.0 Å². The van der Waals surface area contributed by atoms with Crippen molar-refractivity contribution in [3.63, 3.8) is 0 Å². The third kappa shape index (κ3) is 3.17. The van der Waals surface area contributed by atoms with Crippen molar-refractivity contribution in [1.29, 1.82) is 0 Å². The van der Waals surface area contributed by atoms with Crippen molar-refractivity contribution in [3.8, 4) is 0 Å². The molecular formula is C9H12N2O2S2. The Hall–Kier alpha value is -1.14. The molecule has 0 spiro atoms. The average Bonchev–Trinajstić information content (AvgIpc) is 2.18. The van der Waals surface area contributed by atoms with E-state index in [4.69, 9.17) is 12.2 Å². The molecule has 1 rings (SSSR count). The van der Waals surface area contributed by atoms with Gasteiger partial charge in [-0.2, -0.15) is 0 Å².